The number of aliphatic imine (C=N–C) groups is 1. The van der Waals surface area contributed by atoms with Gasteiger partial charge in [-0.25, -0.2) is 9.38 Å². The molecule has 0 fully saturated rings. The first-order valence-corrected chi connectivity index (χ1v) is 9.62. The molecule has 0 unspecified atom stereocenters. The van der Waals surface area contributed by atoms with Crippen LogP contribution in [0.4, 0.5) is 4.39 Å². The Morgan fingerprint density at radius 1 is 1.19 bits per heavy atom. The molecular weight excluding hydrogens is 375 g/mol. The molecule has 1 atom stereocenters. The Kier molecular flexibility index (Phi) is 3.91. The van der Waals surface area contributed by atoms with Crippen LogP contribution in [0, 0.1) is 5.82 Å². The number of fused-ring (bicyclic) bond motifs is 1. The van der Waals surface area contributed by atoms with Gasteiger partial charge in [-0.15, -0.1) is 14.6 Å². The number of aromatic nitrogens is 3. The number of hydrogen-bond acceptors (Lipinski definition) is 6. The lowest BCUT2D eigenvalue weighted by Crippen LogP contribution is -2.42. The molecule has 27 heavy (non-hydrogen) atoms. The second kappa shape index (κ2) is 6.05. The predicted octanol–water partition coefficient (Wildman–Crippen LogP) is 1.14. The van der Waals surface area contributed by atoms with Crippen molar-refractivity contribution in [3.63, 3.8) is 0 Å². The van der Waals surface area contributed by atoms with E-state index < -0.39 is 21.9 Å². The van der Waals surface area contributed by atoms with Crippen LogP contribution in [-0.2, 0) is 16.6 Å². The molecule has 3 heterocycles. The third-order valence-corrected chi connectivity index (χ3v) is 5.76. The number of hydrogen-bond donors (Lipinski definition) is 0. The van der Waals surface area contributed by atoms with E-state index in [1.807, 2.05) is 0 Å². The molecular formula is C16H15FN6O3S. The number of sulfonamides is 1. The van der Waals surface area contributed by atoms with Crippen molar-refractivity contribution < 1.29 is 17.6 Å². The van der Waals surface area contributed by atoms with Crippen molar-refractivity contribution in [1.29, 1.82) is 0 Å². The summed E-state index contributed by atoms with van der Waals surface area (Å²) in [6.45, 7) is 3.90. The van der Waals surface area contributed by atoms with Crippen LogP contribution in [0.3, 0.4) is 0 Å². The molecule has 4 rings (SSSR count). The zero-order valence-corrected chi connectivity index (χ0v) is 15.3. The van der Waals surface area contributed by atoms with E-state index in [-0.39, 0.29) is 22.6 Å². The normalized spacial score (nSPS) is 20.9. The van der Waals surface area contributed by atoms with Crippen molar-refractivity contribution in [3.05, 3.63) is 47.3 Å². The maximum atomic E-state index is 13.1. The van der Waals surface area contributed by atoms with E-state index in [1.54, 1.807) is 16.4 Å². The molecule has 0 bridgehead atoms. The number of carbonyl (C=O) groups excluding carboxylic acids is 1. The Labute approximate surface area is 154 Å². The molecule has 2 aromatic rings. The van der Waals surface area contributed by atoms with Gasteiger partial charge in [-0.05, 0) is 38.1 Å². The SMILES string of the molecule is CC1=NS(=O)(=O)C(c2nnc3n2CCN(C(=O)c2ccc(F)cc2)[C@@H]3C)=N1. The number of amidine groups is 1. The number of carbonyl (C=O) groups is 1. The summed E-state index contributed by atoms with van der Waals surface area (Å²) in [6, 6.07) is 4.87. The van der Waals surface area contributed by atoms with Gasteiger partial charge in [0.2, 0.25) is 5.04 Å². The van der Waals surface area contributed by atoms with E-state index in [9.17, 15) is 17.6 Å². The van der Waals surface area contributed by atoms with E-state index in [0.717, 1.165) is 0 Å². The molecule has 140 valence electrons. The van der Waals surface area contributed by atoms with Crippen LogP contribution in [0.15, 0.2) is 33.7 Å². The summed E-state index contributed by atoms with van der Waals surface area (Å²) in [6.07, 6.45) is 0. The Hall–Kier alpha value is -2.95. The Balaban J connectivity index is 1.66. The summed E-state index contributed by atoms with van der Waals surface area (Å²) < 4.78 is 42.5. The van der Waals surface area contributed by atoms with Gasteiger partial charge in [0.15, 0.2) is 11.6 Å². The maximum Gasteiger partial charge on any atom is 0.305 e. The van der Waals surface area contributed by atoms with Crippen molar-refractivity contribution in [3.8, 4) is 0 Å². The highest BCUT2D eigenvalue weighted by atomic mass is 32.2. The number of nitrogens with zero attached hydrogens (tertiary/aromatic N) is 6. The quantitative estimate of drug-likeness (QED) is 0.764. The lowest BCUT2D eigenvalue weighted by molar-refractivity contribution is 0.0637. The van der Waals surface area contributed by atoms with Crippen LogP contribution in [0.2, 0.25) is 0 Å². The van der Waals surface area contributed by atoms with Gasteiger partial charge < -0.3 is 9.47 Å². The smallest absolute Gasteiger partial charge is 0.305 e. The Bertz CT molecular complexity index is 1100. The van der Waals surface area contributed by atoms with Gasteiger partial charge in [-0.1, -0.05) is 0 Å². The van der Waals surface area contributed by atoms with Crippen LogP contribution in [0.5, 0.6) is 0 Å². The molecule has 2 aliphatic heterocycles. The van der Waals surface area contributed by atoms with Crippen molar-refractivity contribution in [1.82, 2.24) is 19.7 Å². The van der Waals surface area contributed by atoms with Crippen LogP contribution in [0.1, 0.15) is 41.9 Å². The van der Waals surface area contributed by atoms with Crippen molar-refractivity contribution in [2.24, 2.45) is 9.39 Å². The minimum atomic E-state index is -3.89. The van der Waals surface area contributed by atoms with Gasteiger partial charge in [0, 0.05) is 18.7 Å². The monoisotopic (exact) mass is 390 g/mol. The first-order valence-electron chi connectivity index (χ1n) is 8.18. The van der Waals surface area contributed by atoms with Gasteiger partial charge >= 0.3 is 10.0 Å². The highest BCUT2D eigenvalue weighted by molar-refractivity contribution is 8.06. The van der Waals surface area contributed by atoms with Gasteiger partial charge in [-0.2, -0.15) is 8.42 Å². The second-order valence-corrected chi connectivity index (χ2v) is 7.76. The topological polar surface area (TPSA) is 110 Å². The Morgan fingerprint density at radius 3 is 2.52 bits per heavy atom. The summed E-state index contributed by atoms with van der Waals surface area (Å²) in [5, 5.41) is 7.82. The molecule has 0 saturated carbocycles. The molecule has 0 radical (unpaired) electrons. The van der Waals surface area contributed by atoms with Crippen LogP contribution in [0.25, 0.3) is 0 Å². The van der Waals surface area contributed by atoms with E-state index >= 15 is 0 Å². The molecule has 11 heteroatoms. The first kappa shape index (κ1) is 17.5. The van der Waals surface area contributed by atoms with Crippen molar-refractivity contribution in [2.45, 2.75) is 26.4 Å². The van der Waals surface area contributed by atoms with Crippen molar-refractivity contribution in [2.75, 3.05) is 6.54 Å². The average Bonchev–Trinajstić information content (AvgIpc) is 3.15. The van der Waals surface area contributed by atoms with E-state index in [4.69, 9.17) is 0 Å². The highest BCUT2D eigenvalue weighted by Crippen LogP contribution is 2.27. The zero-order valence-electron chi connectivity index (χ0n) is 14.5. The molecule has 1 amide bonds. The molecule has 0 saturated heterocycles. The summed E-state index contributed by atoms with van der Waals surface area (Å²) in [4.78, 5) is 18.3. The average molecular weight is 390 g/mol. The molecule has 1 aromatic carbocycles. The van der Waals surface area contributed by atoms with Gasteiger partial charge in [0.05, 0.1) is 6.04 Å². The summed E-state index contributed by atoms with van der Waals surface area (Å²) in [7, 11) is -3.89. The van der Waals surface area contributed by atoms with Crippen LogP contribution < -0.4 is 0 Å². The van der Waals surface area contributed by atoms with Crippen molar-refractivity contribution >= 4 is 26.8 Å². The Morgan fingerprint density at radius 2 is 1.89 bits per heavy atom. The maximum absolute atomic E-state index is 13.1. The predicted molar refractivity (Wildman–Crippen MR) is 94.4 cm³/mol. The van der Waals surface area contributed by atoms with E-state index in [2.05, 4.69) is 19.6 Å². The zero-order chi connectivity index (χ0) is 19.3. The molecule has 0 N–H and O–H groups in total. The minimum absolute atomic E-state index is 0.117. The largest absolute Gasteiger partial charge is 0.327 e. The fraction of sp³-hybridized carbons (Fsp3) is 0.312. The molecule has 1 aromatic heterocycles. The van der Waals surface area contributed by atoms with Gasteiger partial charge in [0.25, 0.3) is 5.91 Å². The lowest BCUT2D eigenvalue weighted by atomic mass is 10.1. The van der Waals surface area contributed by atoms with E-state index in [1.165, 1.54) is 31.2 Å². The van der Waals surface area contributed by atoms with Gasteiger partial charge in [0.1, 0.15) is 11.7 Å². The fourth-order valence-corrected chi connectivity index (χ4v) is 4.29. The highest BCUT2D eigenvalue weighted by Gasteiger charge is 2.37. The summed E-state index contributed by atoms with van der Waals surface area (Å²) in [5.74, 6) is 0.0295. The third-order valence-electron chi connectivity index (χ3n) is 4.49. The summed E-state index contributed by atoms with van der Waals surface area (Å²) in [5.41, 5.74) is 0.364. The van der Waals surface area contributed by atoms with Gasteiger partial charge in [-0.3, -0.25) is 4.79 Å². The summed E-state index contributed by atoms with van der Waals surface area (Å²) >= 11 is 0. The number of rotatable bonds is 2. The number of benzene rings is 1. The number of halogens is 1. The standard InChI is InChI=1S/C16H15FN6O3S/c1-9-13-19-20-14(15-18-10(2)21-27(15,25)26)23(13)8-7-22(9)16(24)11-3-5-12(17)6-4-11/h3-6,9H,7-8H2,1-2H3/t9-/m1/s1. The number of amides is 1. The lowest BCUT2D eigenvalue weighted by Gasteiger charge is -2.33. The molecule has 0 spiro atoms. The van der Waals surface area contributed by atoms with Crippen LogP contribution >= 0.6 is 0 Å². The van der Waals surface area contributed by atoms with E-state index in [0.29, 0.717) is 24.5 Å². The molecule has 9 nitrogen and oxygen atoms in total. The third kappa shape index (κ3) is 2.83. The second-order valence-electron chi connectivity index (χ2n) is 6.25. The first-order chi connectivity index (χ1) is 12.8. The molecule has 2 aliphatic rings. The fourth-order valence-electron chi connectivity index (χ4n) is 3.19. The van der Waals surface area contributed by atoms with Crippen LogP contribution in [-0.4, -0.2) is 51.4 Å². The minimum Gasteiger partial charge on any atom is -0.327 e. The molecule has 0 aliphatic carbocycles.